The van der Waals surface area contributed by atoms with Crippen LogP contribution < -0.4 is 10.1 Å². The molecule has 0 fully saturated rings. The molecule has 0 spiro atoms. The minimum atomic E-state index is -0.424. The number of nitrogens with one attached hydrogen (secondary N) is 1. The van der Waals surface area contributed by atoms with E-state index >= 15 is 0 Å². The van der Waals surface area contributed by atoms with Gasteiger partial charge in [0.1, 0.15) is 11.0 Å². The van der Waals surface area contributed by atoms with Gasteiger partial charge in [-0.2, -0.15) is 0 Å². The molecule has 0 aliphatic heterocycles. The second-order valence-electron chi connectivity index (χ2n) is 5.69. The fourth-order valence-corrected chi connectivity index (χ4v) is 2.56. The van der Waals surface area contributed by atoms with Gasteiger partial charge in [0.15, 0.2) is 11.6 Å². The highest BCUT2D eigenvalue weighted by molar-refractivity contribution is 5.73. The first kappa shape index (κ1) is 16.2. The van der Waals surface area contributed by atoms with E-state index in [0.29, 0.717) is 24.5 Å². The molecule has 7 heteroatoms. The van der Waals surface area contributed by atoms with E-state index < -0.39 is 5.82 Å². The molecule has 0 amide bonds. The van der Waals surface area contributed by atoms with Gasteiger partial charge in [-0.3, -0.25) is 0 Å². The van der Waals surface area contributed by atoms with Crippen molar-refractivity contribution in [1.29, 1.82) is 0 Å². The maximum atomic E-state index is 13.8. The predicted molar refractivity (Wildman–Crippen MR) is 93.1 cm³/mol. The van der Waals surface area contributed by atoms with Crippen LogP contribution in [0.4, 0.5) is 4.39 Å². The summed E-state index contributed by atoms with van der Waals surface area (Å²) in [7, 11) is 0. The van der Waals surface area contributed by atoms with Crippen LogP contribution in [0, 0.1) is 5.82 Å². The van der Waals surface area contributed by atoms with Crippen molar-refractivity contribution in [1.82, 2.24) is 20.6 Å². The van der Waals surface area contributed by atoms with Crippen molar-refractivity contribution in [2.24, 2.45) is 0 Å². The number of hydrogen-bond acceptors (Lipinski definition) is 6. The molecular formula is C19H15FN4O2. The van der Waals surface area contributed by atoms with Gasteiger partial charge < -0.3 is 10.1 Å². The summed E-state index contributed by atoms with van der Waals surface area (Å²) < 4.78 is 24.1. The van der Waals surface area contributed by atoms with Crippen LogP contribution in [0.2, 0.25) is 0 Å². The monoisotopic (exact) mass is 350 g/mol. The predicted octanol–water partition coefficient (Wildman–Crippen LogP) is 3.84. The highest BCUT2D eigenvalue weighted by Crippen LogP contribution is 2.25. The molecule has 0 atom stereocenters. The van der Waals surface area contributed by atoms with E-state index in [2.05, 4.69) is 20.6 Å². The summed E-state index contributed by atoms with van der Waals surface area (Å²) >= 11 is 0. The molecule has 6 nitrogen and oxygen atoms in total. The Morgan fingerprint density at radius 3 is 2.77 bits per heavy atom. The van der Waals surface area contributed by atoms with Crippen LogP contribution >= 0.6 is 0 Å². The molecule has 2 heterocycles. The van der Waals surface area contributed by atoms with Crippen LogP contribution in [-0.2, 0) is 13.1 Å². The lowest BCUT2D eigenvalue weighted by atomic mass is 10.2. The smallest absolute Gasteiger partial charge is 0.223 e. The zero-order chi connectivity index (χ0) is 17.8. The van der Waals surface area contributed by atoms with E-state index in [-0.39, 0.29) is 5.75 Å². The summed E-state index contributed by atoms with van der Waals surface area (Å²) in [4.78, 5) is 4.22. The average molecular weight is 350 g/mol. The summed E-state index contributed by atoms with van der Waals surface area (Å²) in [5.74, 6) is 0.101. The van der Waals surface area contributed by atoms with Crippen LogP contribution in [0.25, 0.3) is 11.0 Å². The summed E-state index contributed by atoms with van der Waals surface area (Å²) in [5.41, 5.74) is 3.32. The van der Waals surface area contributed by atoms with Crippen LogP contribution in [0.1, 0.15) is 11.1 Å². The molecule has 130 valence electrons. The molecule has 26 heavy (non-hydrogen) atoms. The first-order valence-corrected chi connectivity index (χ1v) is 8.08. The number of benzene rings is 2. The molecule has 0 bridgehead atoms. The lowest BCUT2D eigenvalue weighted by Gasteiger charge is -2.11. The Morgan fingerprint density at radius 2 is 1.85 bits per heavy atom. The summed E-state index contributed by atoms with van der Waals surface area (Å²) in [6, 6.07) is 15.7. The quantitative estimate of drug-likeness (QED) is 0.570. The highest BCUT2D eigenvalue weighted by Gasteiger charge is 2.09. The number of rotatable bonds is 6. The number of halogens is 1. The fraction of sp³-hybridized carbons (Fsp3) is 0.105. The summed E-state index contributed by atoms with van der Waals surface area (Å²) in [6.07, 6.45) is 1.62. The van der Waals surface area contributed by atoms with Gasteiger partial charge in [0, 0.05) is 24.8 Å². The van der Waals surface area contributed by atoms with Gasteiger partial charge in [-0.1, -0.05) is 24.3 Å². The van der Waals surface area contributed by atoms with Crippen molar-refractivity contribution in [3.8, 4) is 11.6 Å². The topological polar surface area (TPSA) is 73.1 Å². The molecule has 0 radical (unpaired) electrons. The summed E-state index contributed by atoms with van der Waals surface area (Å²) in [6.45, 7) is 1.14. The third kappa shape index (κ3) is 3.52. The maximum Gasteiger partial charge on any atom is 0.223 e. The number of ether oxygens (including phenoxy) is 1. The van der Waals surface area contributed by atoms with Gasteiger partial charge in [0.25, 0.3) is 0 Å². The Balaban J connectivity index is 1.44. The molecule has 0 saturated heterocycles. The second kappa shape index (κ2) is 7.28. The highest BCUT2D eigenvalue weighted by atomic mass is 19.1. The lowest BCUT2D eigenvalue weighted by Crippen LogP contribution is -2.13. The van der Waals surface area contributed by atoms with Crippen molar-refractivity contribution >= 4 is 11.0 Å². The molecule has 0 saturated carbocycles. The van der Waals surface area contributed by atoms with E-state index in [0.717, 1.165) is 16.6 Å². The van der Waals surface area contributed by atoms with Crippen LogP contribution in [0.3, 0.4) is 0 Å². The molecule has 1 N–H and O–H groups in total. The zero-order valence-electron chi connectivity index (χ0n) is 13.7. The molecule has 4 rings (SSSR count). The van der Waals surface area contributed by atoms with Gasteiger partial charge in [0.2, 0.25) is 5.88 Å². The Labute approximate surface area is 148 Å². The first-order valence-electron chi connectivity index (χ1n) is 8.08. The third-order valence-electron chi connectivity index (χ3n) is 3.86. The maximum absolute atomic E-state index is 13.8. The molecule has 2 aromatic carbocycles. The van der Waals surface area contributed by atoms with E-state index in [9.17, 15) is 4.39 Å². The number of pyridine rings is 1. The SMILES string of the molecule is Fc1ccccc1Oc1ncccc1CNCc1ccc2nonc2c1. The third-order valence-corrected chi connectivity index (χ3v) is 3.86. The largest absolute Gasteiger partial charge is 0.436 e. The van der Waals surface area contributed by atoms with E-state index in [1.807, 2.05) is 30.3 Å². The minimum Gasteiger partial charge on any atom is -0.436 e. The standard InChI is InChI=1S/C19H15FN4O2/c20-15-5-1-2-6-18(15)25-19-14(4-3-9-22-19)12-21-11-13-7-8-16-17(10-13)24-26-23-16/h1-10,21H,11-12H2. The first-order chi connectivity index (χ1) is 12.8. The van der Waals surface area contributed by atoms with Crippen LogP contribution in [0.15, 0.2) is 65.4 Å². The number of aromatic nitrogens is 3. The molecular weight excluding hydrogens is 335 g/mol. The van der Waals surface area contributed by atoms with E-state index in [1.165, 1.54) is 6.07 Å². The molecule has 0 aliphatic rings. The average Bonchev–Trinajstić information content (AvgIpc) is 3.13. The van der Waals surface area contributed by atoms with Gasteiger partial charge in [0.05, 0.1) is 0 Å². The lowest BCUT2D eigenvalue weighted by molar-refractivity contribution is 0.315. The minimum absolute atomic E-state index is 0.149. The van der Waals surface area contributed by atoms with Crippen LogP contribution in [-0.4, -0.2) is 15.3 Å². The van der Waals surface area contributed by atoms with Crippen molar-refractivity contribution in [2.75, 3.05) is 0 Å². The molecule has 0 unspecified atom stereocenters. The van der Waals surface area contributed by atoms with Crippen molar-refractivity contribution in [3.05, 3.63) is 77.7 Å². The van der Waals surface area contributed by atoms with Gasteiger partial charge in [-0.15, -0.1) is 0 Å². The number of hydrogen-bond donors (Lipinski definition) is 1. The van der Waals surface area contributed by atoms with Crippen molar-refractivity contribution < 1.29 is 13.8 Å². The normalized spacial score (nSPS) is 11.0. The Bertz CT molecular complexity index is 1030. The Hall–Kier alpha value is -3.32. The number of fused-ring (bicyclic) bond motifs is 1. The van der Waals surface area contributed by atoms with E-state index in [1.54, 1.807) is 24.4 Å². The van der Waals surface area contributed by atoms with Crippen LogP contribution in [0.5, 0.6) is 11.6 Å². The van der Waals surface area contributed by atoms with Crippen molar-refractivity contribution in [3.63, 3.8) is 0 Å². The Morgan fingerprint density at radius 1 is 0.962 bits per heavy atom. The van der Waals surface area contributed by atoms with Crippen molar-refractivity contribution in [2.45, 2.75) is 13.1 Å². The number of para-hydroxylation sites is 1. The Kier molecular flexibility index (Phi) is 4.53. The molecule has 4 aromatic rings. The zero-order valence-corrected chi connectivity index (χ0v) is 13.7. The fourth-order valence-electron chi connectivity index (χ4n) is 2.56. The number of nitrogens with zero attached hydrogens (tertiary/aromatic N) is 3. The molecule has 2 aromatic heterocycles. The second-order valence-corrected chi connectivity index (χ2v) is 5.69. The van der Waals surface area contributed by atoms with E-state index in [4.69, 9.17) is 9.37 Å². The molecule has 0 aliphatic carbocycles. The van der Waals surface area contributed by atoms with Gasteiger partial charge in [-0.25, -0.2) is 14.0 Å². The van der Waals surface area contributed by atoms with Gasteiger partial charge in [-0.05, 0) is 46.2 Å². The summed E-state index contributed by atoms with van der Waals surface area (Å²) in [5, 5.41) is 10.9. The van der Waals surface area contributed by atoms with Gasteiger partial charge >= 0.3 is 0 Å².